The Morgan fingerprint density at radius 2 is 0.667 bits per heavy atom. The van der Waals surface area contributed by atoms with Crippen molar-refractivity contribution >= 4 is 25.0 Å². The van der Waals surface area contributed by atoms with Crippen LogP contribution in [0.4, 0.5) is 0 Å². The summed E-state index contributed by atoms with van der Waals surface area (Å²) in [6.07, 6.45) is 0. The van der Waals surface area contributed by atoms with Gasteiger partial charge in [-0.3, -0.25) is 8.55 Å². The van der Waals surface area contributed by atoms with E-state index in [1.54, 1.807) is 0 Å². The highest BCUT2D eigenvalue weighted by Crippen LogP contribution is 2.44. The quantitative estimate of drug-likeness (QED) is 0.512. The highest BCUT2D eigenvalue weighted by molar-refractivity contribution is 7.59. The lowest BCUT2D eigenvalue weighted by atomic mass is 9.33. The molecule has 0 spiro atoms. The van der Waals surface area contributed by atoms with Crippen LogP contribution < -0.4 is 0 Å². The molecule has 21 heavy (non-hydrogen) atoms. The molecule has 0 aromatic heterocycles. The third-order valence-electron chi connectivity index (χ3n) is 3.59. The third kappa shape index (κ3) is 7.17. The molecule has 2 nitrogen and oxygen atoms in total. The molecule has 0 atom stereocenters. The molecule has 0 unspecified atom stereocenters. The van der Waals surface area contributed by atoms with Crippen molar-refractivity contribution in [1.82, 2.24) is 0 Å². The normalized spacial score (nSPS) is 13.7. The first-order valence-electron chi connectivity index (χ1n) is 8.04. The monoisotopic (exact) mass is 310 g/mol. The van der Waals surface area contributed by atoms with Gasteiger partial charge in [-0.1, -0.05) is 83.1 Å². The second-order valence-corrected chi connectivity index (χ2v) is 11.1. The van der Waals surface area contributed by atoms with Gasteiger partial charge in [-0.05, 0) is 21.3 Å². The van der Waals surface area contributed by atoms with Crippen LogP contribution in [0.1, 0.15) is 83.1 Å². The van der Waals surface area contributed by atoms with Crippen LogP contribution in [0.15, 0.2) is 8.55 Å². The molecule has 0 fully saturated rings. The Morgan fingerprint density at radius 3 is 0.810 bits per heavy atom. The van der Waals surface area contributed by atoms with Crippen molar-refractivity contribution in [1.29, 1.82) is 0 Å². The average molecular weight is 310 g/mol. The van der Waals surface area contributed by atoms with E-state index < -0.39 is 0 Å². The molecular weight excluding hydrogens is 274 g/mol. The van der Waals surface area contributed by atoms with Gasteiger partial charge in [0, 0.05) is 11.4 Å². The van der Waals surface area contributed by atoms with Gasteiger partial charge in [-0.2, -0.15) is 0 Å². The Labute approximate surface area is 138 Å². The molecule has 5 heteroatoms. The van der Waals surface area contributed by atoms with Gasteiger partial charge in [-0.15, -0.1) is 0 Å². The van der Waals surface area contributed by atoms with E-state index in [-0.39, 0.29) is 35.0 Å². The standard InChI is InChI=1S/C16H36B2N2S/c1-13(2,3)17(14(4,5)6)19-21-20-18(15(7,8)9)16(10,11)12/h1-12H3. The van der Waals surface area contributed by atoms with Crippen molar-refractivity contribution in [2.45, 2.75) is 104 Å². The molecule has 0 N–H and O–H groups in total. The van der Waals surface area contributed by atoms with Crippen LogP contribution in [0.2, 0.25) is 21.3 Å². The SMILES string of the molecule is CC(C)(C)B(N=S=NB(C(C)(C)C)C(C)(C)C)C(C)(C)C. The molecule has 0 heterocycles. The molecule has 0 bridgehead atoms. The Balaban J connectivity index is 5.57. The third-order valence-corrected chi connectivity index (χ3v) is 4.20. The predicted molar refractivity (Wildman–Crippen MR) is 103 cm³/mol. The predicted octanol–water partition coefficient (Wildman–Crippen LogP) is 6.62. The summed E-state index contributed by atoms with van der Waals surface area (Å²) in [6.45, 7) is 27.7. The Kier molecular flexibility index (Phi) is 6.58. The van der Waals surface area contributed by atoms with Gasteiger partial charge in [-0.25, -0.2) is 0 Å². The van der Waals surface area contributed by atoms with Crippen molar-refractivity contribution in [2.24, 2.45) is 8.55 Å². The smallest absolute Gasteiger partial charge is 0.276 e. The number of nitrogens with zero attached hydrogens (tertiary/aromatic N) is 2. The maximum Gasteiger partial charge on any atom is 0.308 e. The van der Waals surface area contributed by atoms with Gasteiger partial charge in [0.15, 0.2) is 0 Å². The number of hydrogen-bond donors (Lipinski definition) is 0. The topological polar surface area (TPSA) is 24.7 Å². The molecule has 0 saturated carbocycles. The van der Waals surface area contributed by atoms with E-state index in [2.05, 4.69) is 83.1 Å². The fraction of sp³-hybridized carbons (Fsp3) is 1.00. The molecule has 0 amide bonds. The summed E-state index contributed by atoms with van der Waals surface area (Å²) in [5.41, 5.74) is 0. The number of hydrogen-bond acceptors (Lipinski definition) is 2. The van der Waals surface area contributed by atoms with E-state index in [9.17, 15) is 0 Å². The zero-order valence-electron chi connectivity index (χ0n) is 16.5. The van der Waals surface area contributed by atoms with Crippen molar-refractivity contribution in [3.8, 4) is 0 Å². The summed E-state index contributed by atoms with van der Waals surface area (Å²) in [6, 6.07) is 0. The Hall–Kier alpha value is -0.0501. The van der Waals surface area contributed by atoms with E-state index in [0.717, 1.165) is 0 Å². The summed E-state index contributed by atoms with van der Waals surface area (Å²) in [7, 11) is 0. The molecule has 0 aromatic rings. The van der Waals surface area contributed by atoms with Crippen LogP contribution in [0.25, 0.3) is 0 Å². The van der Waals surface area contributed by atoms with E-state index in [4.69, 9.17) is 8.55 Å². The molecular formula is C16H36B2N2S. The van der Waals surface area contributed by atoms with E-state index in [0.29, 0.717) is 0 Å². The second-order valence-electron chi connectivity index (χ2n) is 10.6. The molecule has 0 rings (SSSR count). The summed E-state index contributed by atoms with van der Waals surface area (Å²) >= 11 is 1.43. The number of rotatable bonds is 2. The molecule has 0 aliphatic heterocycles. The average Bonchev–Trinajstić information content (AvgIpc) is 2.07. The lowest BCUT2D eigenvalue weighted by Crippen LogP contribution is -2.34. The molecule has 0 aliphatic rings. The van der Waals surface area contributed by atoms with Crippen molar-refractivity contribution in [2.75, 3.05) is 0 Å². The van der Waals surface area contributed by atoms with Gasteiger partial charge in [0.2, 0.25) is 0 Å². The molecule has 0 radical (unpaired) electrons. The lowest BCUT2D eigenvalue weighted by Gasteiger charge is -2.34. The lowest BCUT2D eigenvalue weighted by molar-refractivity contribution is 0.641. The van der Waals surface area contributed by atoms with Gasteiger partial charge in [0.1, 0.15) is 0 Å². The minimum atomic E-state index is 0.153. The zero-order valence-corrected chi connectivity index (χ0v) is 17.3. The summed E-state index contributed by atoms with van der Waals surface area (Å²) in [4.78, 5) is 0. The molecule has 0 saturated heterocycles. The van der Waals surface area contributed by atoms with Crippen LogP contribution in [-0.4, -0.2) is 13.7 Å². The summed E-state index contributed by atoms with van der Waals surface area (Å²) < 4.78 is 9.77. The minimum absolute atomic E-state index is 0.153. The minimum Gasteiger partial charge on any atom is -0.276 e. The highest BCUT2D eigenvalue weighted by atomic mass is 32.1. The first-order valence-corrected chi connectivity index (χ1v) is 8.77. The van der Waals surface area contributed by atoms with Crippen molar-refractivity contribution < 1.29 is 0 Å². The maximum absolute atomic E-state index is 4.88. The fourth-order valence-electron chi connectivity index (χ4n) is 3.35. The van der Waals surface area contributed by atoms with E-state index >= 15 is 0 Å². The van der Waals surface area contributed by atoms with E-state index in [1.165, 1.54) is 11.4 Å². The van der Waals surface area contributed by atoms with Crippen LogP contribution >= 0.6 is 0 Å². The van der Waals surface area contributed by atoms with Gasteiger partial charge in [0.25, 0.3) is 0 Å². The van der Waals surface area contributed by atoms with Gasteiger partial charge in [0.05, 0.1) is 0 Å². The summed E-state index contributed by atoms with van der Waals surface area (Å²) in [5.74, 6) is 0. The van der Waals surface area contributed by atoms with Crippen LogP contribution in [0, 0.1) is 0 Å². The van der Waals surface area contributed by atoms with Crippen LogP contribution in [0.3, 0.4) is 0 Å². The first-order chi connectivity index (χ1) is 8.97. The maximum atomic E-state index is 4.88. The zero-order chi connectivity index (χ0) is 17.3. The van der Waals surface area contributed by atoms with Crippen LogP contribution in [0.5, 0.6) is 0 Å². The first kappa shape index (κ1) is 20.9. The largest absolute Gasteiger partial charge is 0.308 e. The highest BCUT2D eigenvalue weighted by Gasteiger charge is 2.41. The Morgan fingerprint density at radius 1 is 0.476 bits per heavy atom. The van der Waals surface area contributed by atoms with E-state index in [1.807, 2.05) is 0 Å². The summed E-state index contributed by atoms with van der Waals surface area (Å²) in [5, 5.41) is 0.610. The van der Waals surface area contributed by atoms with Gasteiger partial charge < -0.3 is 0 Å². The fourth-order valence-corrected chi connectivity index (χ4v) is 4.86. The Bertz CT molecular complexity index is 336. The van der Waals surface area contributed by atoms with Crippen molar-refractivity contribution in [3.05, 3.63) is 0 Å². The molecule has 122 valence electrons. The molecule has 0 aliphatic carbocycles. The second kappa shape index (κ2) is 6.60. The molecule has 0 aromatic carbocycles. The van der Waals surface area contributed by atoms with Crippen LogP contribution in [-0.2, 0) is 11.4 Å². The van der Waals surface area contributed by atoms with Gasteiger partial charge >= 0.3 is 13.7 Å². The van der Waals surface area contributed by atoms with Crippen molar-refractivity contribution in [3.63, 3.8) is 0 Å².